The van der Waals surface area contributed by atoms with Crippen molar-refractivity contribution in [2.45, 2.75) is 33.2 Å². The lowest BCUT2D eigenvalue weighted by atomic mass is 9.85. The Morgan fingerprint density at radius 3 is 2.38 bits per heavy atom. The zero-order chi connectivity index (χ0) is 17.9. The molecule has 128 valence electrons. The smallest absolute Gasteiger partial charge is 0.252 e. The Labute approximate surface area is 141 Å². The summed E-state index contributed by atoms with van der Waals surface area (Å²) in [4.78, 5) is 24.2. The molecule has 1 unspecified atom stereocenters. The number of hydrogen-bond acceptors (Lipinski definition) is 2. The van der Waals surface area contributed by atoms with E-state index in [1.54, 1.807) is 31.4 Å². The summed E-state index contributed by atoms with van der Waals surface area (Å²) in [6, 6.07) is 8.78. The molecule has 2 aromatic rings. The maximum atomic E-state index is 13.2. The van der Waals surface area contributed by atoms with E-state index in [1.807, 2.05) is 0 Å². The Kier molecular flexibility index (Phi) is 5.22. The average Bonchev–Trinajstić information content (AvgIpc) is 2.48. The van der Waals surface area contributed by atoms with Gasteiger partial charge in [0.05, 0.1) is 6.04 Å². The van der Waals surface area contributed by atoms with Gasteiger partial charge in [0.2, 0.25) is 0 Å². The number of halogens is 1. The minimum Gasteiger partial charge on any atom is -0.345 e. The Morgan fingerprint density at radius 2 is 1.83 bits per heavy atom. The number of amides is 1. The monoisotopic (exact) mass is 330 g/mol. The van der Waals surface area contributed by atoms with Crippen molar-refractivity contribution >= 4 is 5.91 Å². The molecule has 0 spiro atoms. The van der Waals surface area contributed by atoms with Crippen molar-refractivity contribution in [3.8, 4) is 0 Å². The Balaban J connectivity index is 2.26. The van der Waals surface area contributed by atoms with Gasteiger partial charge < -0.3 is 9.88 Å². The van der Waals surface area contributed by atoms with E-state index in [0.29, 0.717) is 12.0 Å². The largest absolute Gasteiger partial charge is 0.345 e. The van der Waals surface area contributed by atoms with Crippen molar-refractivity contribution in [3.05, 3.63) is 69.9 Å². The molecule has 0 aliphatic rings. The van der Waals surface area contributed by atoms with Gasteiger partial charge in [-0.3, -0.25) is 9.59 Å². The molecule has 1 N–H and O–H groups in total. The van der Waals surface area contributed by atoms with Crippen LogP contribution in [0.4, 0.5) is 4.39 Å². The van der Waals surface area contributed by atoms with Crippen molar-refractivity contribution in [1.82, 2.24) is 9.88 Å². The molecular weight excluding hydrogens is 307 g/mol. The van der Waals surface area contributed by atoms with Crippen LogP contribution < -0.4 is 10.9 Å². The van der Waals surface area contributed by atoms with Crippen molar-refractivity contribution < 1.29 is 9.18 Å². The zero-order valence-electron chi connectivity index (χ0n) is 14.5. The van der Waals surface area contributed by atoms with Crippen molar-refractivity contribution in [3.63, 3.8) is 0 Å². The summed E-state index contributed by atoms with van der Waals surface area (Å²) in [5, 5.41) is 2.96. The molecule has 2 rings (SSSR count). The number of carbonyl (C=O) groups excluding carboxylic acids is 1. The summed E-state index contributed by atoms with van der Waals surface area (Å²) in [6.45, 7) is 6.23. The number of hydrogen-bond donors (Lipinski definition) is 1. The fourth-order valence-electron chi connectivity index (χ4n) is 2.49. The van der Waals surface area contributed by atoms with E-state index < -0.39 is 0 Å². The summed E-state index contributed by atoms with van der Waals surface area (Å²) in [5.74, 6) is -0.627. The number of pyridine rings is 1. The lowest BCUT2D eigenvalue weighted by Gasteiger charge is -2.27. The first-order valence-electron chi connectivity index (χ1n) is 7.89. The molecule has 0 saturated heterocycles. The summed E-state index contributed by atoms with van der Waals surface area (Å²) in [6.07, 6.45) is 2.25. The van der Waals surface area contributed by atoms with E-state index in [4.69, 9.17) is 0 Å². The van der Waals surface area contributed by atoms with Crippen molar-refractivity contribution in [1.29, 1.82) is 0 Å². The molecular formula is C19H23FN2O2. The molecule has 1 aromatic heterocycles. The van der Waals surface area contributed by atoms with Gasteiger partial charge in [-0.2, -0.15) is 0 Å². The molecule has 1 aromatic carbocycles. The van der Waals surface area contributed by atoms with E-state index in [0.717, 1.165) is 5.56 Å². The van der Waals surface area contributed by atoms with Crippen LogP contribution in [0.1, 0.15) is 49.2 Å². The van der Waals surface area contributed by atoms with Gasteiger partial charge in [0, 0.05) is 24.9 Å². The van der Waals surface area contributed by atoms with Gasteiger partial charge in [0.15, 0.2) is 0 Å². The van der Waals surface area contributed by atoms with E-state index >= 15 is 0 Å². The molecule has 24 heavy (non-hydrogen) atoms. The van der Waals surface area contributed by atoms with E-state index in [2.05, 4.69) is 26.1 Å². The van der Waals surface area contributed by atoms with E-state index in [1.165, 1.54) is 22.8 Å². The lowest BCUT2D eigenvalue weighted by Crippen LogP contribution is -2.32. The van der Waals surface area contributed by atoms with Gasteiger partial charge in [0.25, 0.3) is 11.5 Å². The van der Waals surface area contributed by atoms with Crippen LogP contribution in [-0.4, -0.2) is 10.5 Å². The molecule has 1 amide bonds. The van der Waals surface area contributed by atoms with Crippen LogP contribution in [0, 0.1) is 11.2 Å². The van der Waals surface area contributed by atoms with E-state index in [9.17, 15) is 14.0 Å². The first-order chi connectivity index (χ1) is 11.2. The van der Waals surface area contributed by atoms with Gasteiger partial charge in [-0.05, 0) is 35.6 Å². The Hall–Kier alpha value is -2.43. The molecule has 4 nitrogen and oxygen atoms in total. The minimum atomic E-state index is -0.314. The molecule has 0 aliphatic carbocycles. The van der Waals surface area contributed by atoms with Crippen molar-refractivity contribution in [2.24, 2.45) is 12.5 Å². The van der Waals surface area contributed by atoms with Gasteiger partial charge in [0.1, 0.15) is 5.82 Å². The molecule has 5 heteroatoms. The molecule has 0 fully saturated rings. The summed E-state index contributed by atoms with van der Waals surface area (Å²) >= 11 is 0. The Morgan fingerprint density at radius 1 is 1.21 bits per heavy atom. The minimum absolute atomic E-state index is 0.0286. The lowest BCUT2D eigenvalue weighted by molar-refractivity contribution is 0.0926. The summed E-state index contributed by atoms with van der Waals surface area (Å²) < 4.78 is 14.6. The first kappa shape index (κ1) is 17.9. The molecule has 0 saturated carbocycles. The number of carbonyl (C=O) groups is 1. The number of benzene rings is 1. The molecule has 0 bridgehead atoms. The quantitative estimate of drug-likeness (QED) is 0.934. The Bertz CT molecular complexity index is 773. The second kappa shape index (κ2) is 6.99. The van der Waals surface area contributed by atoms with Crippen LogP contribution in [0.25, 0.3) is 0 Å². The number of aryl methyl sites for hydroxylation is 1. The van der Waals surface area contributed by atoms with Gasteiger partial charge >= 0.3 is 0 Å². The standard InChI is InChI=1S/C19H23FN2O2/c1-19(2,3)12-16(13-5-7-15(20)8-6-13)21-18(24)14-9-10-22(4)17(23)11-14/h5-11,16H,12H2,1-4H3,(H,21,24). The highest BCUT2D eigenvalue weighted by molar-refractivity contribution is 5.94. The van der Waals surface area contributed by atoms with Gasteiger partial charge in [-0.15, -0.1) is 0 Å². The number of aromatic nitrogens is 1. The van der Waals surface area contributed by atoms with Crippen LogP contribution in [0.3, 0.4) is 0 Å². The van der Waals surface area contributed by atoms with Crippen LogP contribution in [-0.2, 0) is 7.05 Å². The maximum Gasteiger partial charge on any atom is 0.252 e. The van der Waals surface area contributed by atoms with Crippen molar-refractivity contribution in [2.75, 3.05) is 0 Å². The predicted octanol–water partition coefficient (Wildman–Crippen LogP) is 3.43. The second-order valence-corrected chi connectivity index (χ2v) is 7.21. The number of nitrogens with zero attached hydrogens (tertiary/aromatic N) is 1. The average molecular weight is 330 g/mol. The molecule has 0 aliphatic heterocycles. The molecule has 0 radical (unpaired) electrons. The normalized spacial score (nSPS) is 12.7. The topological polar surface area (TPSA) is 51.1 Å². The SMILES string of the molecule is Cn1ccc(C(=O)NC(CC(C)(C)C)c2ccc(F)cc2)cc1=O. The van der Waals surface area contributed by atoms with Crippen LogP contribution in [0.2, 0.25) is 0 Å². The van der Waals surface area contributed by atoms with Crippen LogP contribution in [0.5, 0.6) is 0 Å². The first-order valence-corrected chi connectivity index (χ1v) is 7.89. The zero-order valence-corrected chi connectivity index (χ0v) is 14.5. The second-order valence-electron chi connectivity index (χ2n) is 7.21. The number of rotatable bonds is 4. The maximum absolute atomic E-state index is 13.2. The van der Waals surface area contributed by atoms with Gasteiger partial charge in [-0.25, -0.2) is 4.39 Å². The fraction of sp³-hybridized carbons (Fsp3) is 0.368. The summed E-state index contributed by atoms with van der Waals surface area (Å²) in [5.41, 5.74) is 0.888. The molecule has 1 atom stereocenters. The third kappa shape index (κ3) is 4.78. The molecule has 1 heterocycles. The van der Waals surface area contributed by atoms with Gasteiger partial charge in [-0.1, -0.05) is 32.9 Å². The summed E-state index contributed by atoms with van der Waals surface area (Å²) in [7, 11) is 1.63. The highest BCUT2D eigenvalue weighted by Gasteiger charge is 2.22. The fourth-order valence-corrected chi connectivity index (χ4v) is 2.49. The van der Waals surface area contributed by atoms with Crippen LogP contribution in [0.15, 0.2) is 47.4 Å². The van der Waals surface area contributed by atoms with E-state index in [-0.39, 0.29) is 28.7 Å². The number of nitrogens with one attached hydrogen (secondary N) is 1. The highest BCUT2D eigenvalue weighted by atomic mass is 19.1. The predicted molar refractivity (Wildman–Crippen MR) is 92.4 cm³/mol. The van der Waals surface area contributed by atoms with Crippen LogP contribution >= 0.6 is 0 Å². The highest BCUT2D eigenvalue weighted by Crippen LogP contribution is 2.29. The third-order valence-corrected chi connectivity index (χ3v) is 3.76. The third-order valence-electron chi connectivity index (χ3n) is 3.76.